The molecule has 0 saturated carbocycles. The number of hydrogen-bond acceptors (Lipinski definition) is 1. The van der Waals surface area contributed by atoms with Gasteiger partial charge in [0.15, 0.2) is 0 Å². The molecule has 0 unspecified atom stereocenters. The third-order valence-corrected chi connectivity index (χ3v) is 1.56. The van der Waals surface area contributed by atoms with Gasteiger partial charge >= 0.3 is 6.18 Å². The molecule has 0 bridgehead atoms. The van der Waals surface area contributed by atoms with Gasteiger partial charge in [0.25, 0.3) is 0 Å². The molecule has 14 heavy (non-hydrogen) atoms. The van der Waals surface area contributed by atoms with E-state index in [1.165, 1.54) is 6.07 Å². The lowest BCUT2D eigenvalue weighted by molar-refractivity contribution is -0.136. The van der Waals surface area contributed by atoms with Crippen molar-refractivity contribution in [3.05, 3.63) is 23.8 Å². The topological polar surface area (TPSA) is 29.1 Å². The van der Waals surface area contributed by atoms with Crippen molar-refractivity contribution < 1.29 is 18.0 Å². The number of nitrogens with one attached hydrogen (secondary N) is 1. The Hall–Kier alpha value is -1.46. The summed E-state index contributed by atoms with van der Waals surface area (Å²) in [5.41, 5.74) is -1.26. The first-order valence-corrected chi connectivity index (χ1v) is 3.62. The average Bonchev–Trinajstić information content (AvgIpc) is 2.07. The smallest absolute Gasteiger partial charge is 0.328 e. The van der Waals surface area contributed by atoms with Crippen molar-refractivity contribution >= 4 is 25.4 Å². The number of hydrogen-bond donors (Lipinski definition) is 1. The van der Waals surface area contributed by atoms with E-state index in [-0.39, 0.29) is 17.6 Å². The van der Waals surface area contributed by atoms with Gasteiger partial charge in [0, 0.05) is 0 Å². The summed E-state index contributed by atoms with van der Waals surface area (Å²) in [5.74, 6) is 0. The van der Waals surface area contributed by atoms with Crippen LogP contribution in [-0.2, 0) is 11.0 Å². The predicted molar refractivity (Wildman–Crippen MR) is 46.5 cm³/mol. The molecule has 0 saturated heterocycles. The van der Waals surface area contributed by atoms with Gasteiger partial charge in [0.05, 0.1) is 11.3 Å². The molecule has 0 aromatic heterocycles. The second-order valence-electron chi connectivity index (χ2n) is 2.56. The summed E-state index contributed by atoms with van der Waals surface area (Å²) < 4.78 is 37.0. The molecule has 6 heteroatoms. The lowest BCUT2D eigenvalue weighted by Crippen LogP contribution is -2.14. The lowest BCUT2D eigenvalue weighted by atomic mass is 9.93. The van der Waals surface area contributed by atoms with Crippen LogP contribution in [0.4, 0.5) is 18.9 Å². The van der Waals surface area contributed by atoms with Gasteiger partial charge in [-0.25, -0.2) is 0 Å². The standard InChI is InChI=1S/C8H5BF3NO/c9-5-1-2-7(13-4-14)6(3-5)8(10,11)12/h1-4H,(H,13,14). The summed E-state index contributed by atoms with van der Waals surface area (Å²) in [4.78, 5) is 10.0. The van der Waals surface area contributed by atoms with E-state index >= 15 is 0 Å². The third-order valence-electron chi connectivity index (χ3n) is 1.56. The van der Waals surface area contributed by atoms with Gasteiger partial charge in [-0.3, -0.25) is 4.79 Å². The van der Waals surface area contributed by atoms with Crippen LogP contribution in [0.1, 0.15) is 5.56 Å². The molecular weight excluding hydrogens is 194 g/mol. The van der Waals surface area contributed by atoms with E-state index in [4.69, 9.17) is 7.85 Å². The average molecular weight is 199 g/mol. The molecule has 72 valence electrons. The maximum atomic E-state index is 12.3. The van der Waals surface area contributed by atoms with Crippen LogP contribution in [0.3, 0.4) is 0 Å². The van der Waals surface area contributed by atoms with Crippen molar-refractivity contribution in [1.82, 2.24) is 0 Å². The van der Waals surface area contributed by atoms with Gasteiger partial charge in [-0.05, 0) is 6.07 Å². The van der Waals surface area contributed by atoms with Crippen LogP contribution in [0, 0.1) is 0 Å². The fourth-order valence-electron chi connectivity index (χ4n) is 0.986. The normalized spacial score (nSPS) is 11.1. The SMILES string of the molecule is [B]c1ccc(NC=O)c(C(F)(F)F)c1. The molecule has 2 radical (unpaired) electrons. The van der Waals surface area contributed by atoms with Crippen molar-refractivity contribution in [2.24, 2.45) is 0 Å². The molecule has 0 aliphatic rings. The molecule has 1 rings (SSSR count). The van der Waals surface area contributed by atoms with E-state index in [0.717, 1.165) is 12.1 Å². The monoisotopic (exact) mass is 199 g/mol. The Morgan fingerprint density at radius 3 is 2.50 bits per heavy atom. The van der Waals surface area contributed by atoms with Crippen LogP contribution in [0.2, 0.25) is 0 Å². The molecule has 0 aliphatic heterocycles. The number of benzene rings is 1. The van der Waals surface area contributed by atoms with E-state index in [1.54, 1.807) is 0 Å². The zero-order valence-electron chi connectivity index (χ0n) is 6.93. The minimum absolute atomic E-state index is 0.00576. The number of carbonyl (C=O) groups excluding carboxylic acids is 1. The van der Waals surface area contributed by atoms with Crippen molar-refractivity contribution in [3.8, 4) is 0 Å². The number of anilines is 1. The Bertz CT molecular complexity index is 351. The zero-order valence-corrected chi connectivity index (χ0v) is 6.93. The highest BCUT2D eigenvalue weighted by molar-refractivity contribution is 6.32. The first kappa shape index (κ1) is 10.6. The number of halogens is 3. The largest absolute Gasteiger partial charge is 0.418 e. The van der Waals surface area contributed by atoms with Gasteiger partial charge in [-0.1, -0.05) is 17.6 Å². The highest BCUT2D eigenvalue weighted by Gasteiger charge is 2.33. The number of alkyl halides is 3. The van der Waals surface area contributed by atoms with Crippen LogP contribution in [-0.4, -0.2) is 14.3 Å². The fraction of sp³-hybridized carbons (Fsp3) is 0.125. The zero-order chi connectivity index (χ0) is 10.8. The minimum Gasteiger partial charge on any atom is -0.328 e. The lowest BCUT2D eigenvalue weighted by Gasteiger charge is -2.12. The summed E-state index contributed by atoms with van der Waals surface area (Å²) in [7, 11) is 5.20. The molecule has 1 aromatic rings. The molecule has 0 spiro atoms. The van der Waals surface area contributed by atoms with Gasteiger partial charge in [0.1, 0.15) is 7.85 Å². The molecule has 1 aromatic carbocycles. The second kappa shape index (κ2) is 3.73. The molecule has 2 nitrogen and oxygen atoms in total. The van der Waals surface area contributed by atoms with Crippen molar-refractivity contribution in [3.63, 3.8) is 0 Å². The Kier molecular flexibility index (Phi) is 2.83. The van der Waals surface area contributed by atoms with Crippen LogP contribution < -0.4 is 10.8 Å². The van der Waals surface area contributed by atoms with Gasteiger partial charge < -0.3 is 5.32 Å². The highest BCUT2D eigenvalue weighted by atomic mass is 19.4. The summed E-state index contributed by atoms with van der Waals surface area (Å²) in [6.45, 7) is 0. The highest BCUT2D eigenvalue weighted by Crippen LogP contribution is 2.33. The number of rotatable bonds is 2. The van der Waals surface area contributed by atoms with Gasteiger partial charge in [-0.2, -0.15) is 13.2 Å². The van der Waals surface area contributed by atoms with E-state index in [2.05, 4.69) is 0 Å². The Labute approximate surface area is 79.5 Å². The number of carbonyl (C=O) groups is 1. The summed E-state index contributed by atoms with van der Waals surface area (Å²) in [6.07, 6.45) is -4.35. The summed E-state index contributed by atoms with van der Waals surface area (Å²) >= 11 is 0. The van der Waals surface area contributed by atoms with E-state index in [9.17, 15) is 18.0 Å². The molecule has 0 fully saturated rings. The maximum absolute atomic E-state index is 12.3. The van der Waals surface area contributed by atoms with Crippen LogP contribution >= 0.6 is 0 Å². The van der Waals surface area contributed by atoms with Crippen molar-refractivity contribution in [2.75, 3.05) is 5.32 Å². The predicted octanol–water partition coefficient (Wildman–Crippen LogP) is 1.07. The quantitative estimate of drug-likeness (QED) is 0.560. The van der Waals surface area contributed by atoms with E-state index in [0.29, 0.717) is 0 Å². The maximum Gasteiger partial charge on any atom is 0.418 e. The second-order valence-corrected chi connectivity index (χ2v) is 2.56. The molecule has 0 aliphatic carbocycles. The first-order valence-electron chi connectivity index (χ1n) is 3.62. The Morgan fingerprint density at radius 2 is 2.00 bits per heavy atom. The summed E-state index contributed by atoms with van der Waals surface area (Å²) in [5, 5.41) is 1.95. The molecule has 0 atom stereocenters. The Morgan fingerprint density at radius 1 is 1.36 bits per heavy atom. The van der Waals surface area contributed by atoms with E-state index in [1.807, 2.05) is 5.32 Å². The van der Waals surface area contributed by atoms with Crippen LogP contribution in [0.5, 0.6) is 0 Å². The Balaban J connectivity index is 3.22. The first-order chi connectivity index (χ1) is 6.45. The fourth-order valence-corrected chi connectivity index (χ4v) is 0.986. The van der Waals surface area contributed by atoms with Gasteiger partial charge in [0.2, 0.25) is 6.41 Å². The van der Waals surface area contributed by atoms with E-state index < -0.39 is 11.7 Å². The van der Waals surface area contributed by atoms with Crippen molar-refractivity contribution in [2.45, 2.75) is 6.18 Å². The van der Waals surface area contributed by atoms with Crippen molar-refractivity contribution in [1.29, 1.82) is 0 Å². The summed E-state index contributed by atoms with van der Waals surface area (Å²) in [6, 6.07) is 3.15. The third kappa shape index (κ3) is 2.28. The number of amides is 1. The van der Waals surface area contributed by atoms with Crippen LogP contribution in [0.15, 0.2) is 18.2 Å². The minimum atomic E-state index is -4.53. The molecule has 1 amide bonds. The molecular formula is C8H5BF3NO. The van der Waals surface area contributed by atoms with Crippen LogP contribution in [0.25, 0.3) is 0 Å². The molecule has 0 heterocycles. The molecule has 1 N–H and O–H groups in total. The van der Waals surface area contributed by atoms with Gasteiger partial charge in [-0.15, -0.1) is 0 Å².